The van der Waals surface area contributed by atoms with E-state index in [-0.39, 0.29) is 33.4 Å². The molecule has 2 rings (SSSR count). The Morgan fingerprint density at radius 1 is 1.31 bits per heavy atom. The molecule has 0 saturated carbocycles. The second-order valence-electron chi connectivity index (χ2n) is 5.82. The Morgan fingerprint density at radius 2 is 1.90 bits per heavy atom. The summed E-state index contributed by atoms with van der Waals surface area (Å²) < 4.78 is 32.3. The normalized spacial score (nSPS) is 11.2. The first kappa shape index (κ1) is 22.3. The average Bonchev–Trinajstić information content (AvgIpc) is 2.92. The van der Waals surface area contributed by atoms with Crippen LogP contribution >= 0.6 is 11.6 Å². The van der Waals surface area contributed by atoms with Gasteiger partial charge in [-0.25, -0.2) is 17.5 Å². The van der Waals surface area contributed by atoms with Gasteiger partial charge in [-0.15, -0.1) is 0 Å². The number of carbonyl (C=O) groups excluding carboxylic acids is 2. The third-order valence-corrected chi connectivity index (χ3v) is 6.51. The molecule has 0 spiro atoms. The summed E-state index contributed by atoms with van der Waals surface area (Å²) >= 11 is 6.04. The van der Waals surface area contributed by atoms with Crippen molar-refractivity contribution < 1.29 is 27.7 Å². The number of methoxy groups -OCH3 is 1. The molecule has 0 bridgehead atoms. The van der Waals surface area contributed by atoms with Gasteiger partial charge in [-0.3, -0.25) is 19.6 Å². The van der Waals surface area contributed by atoms with Crippen LogP contribution in [0.1, 0.15) is 33.3 Å². The lowest BCUT2D eigenvalue weighted by Crippen LogP contribution is -2.37. The minimum absolute atomic E-state index is 0.0815. The molecule has 11 nitrogen and oxygen atoms in total. The third kappa shape index (κ3) is 4.07. The van der Waals surface area contributed by atoms with Gasteiger partial charge >= 0.3 is 5.97 Å². The quantitative estimate of drug-likeness (QED) is 0.373. The van der Waals surface area contributed by atoms with Gasteiger partial charge in [-0.1, -0.05) is 11.6 Å². The van der Waals surface area contributed by atoms with Crippen molar-refractivity contribution in [2.45, 2.75) is 18.7 Å². The number of nitrogens with zero attached hydrogens (tertiary/aromatic N) is 4. The van der Waals surface area contributed by atoms with Crippen molar-refractivity contribution in [1.29, 1.82) is 0 Å². The highest BCUT2D eigenvalue weighted by Gasteiger charge is 2.35. The fraction of sp³-hybridized carbons (Fsp3) is 0.312. The Morgan fingerprint density at radius 3 is 2.34 bits per heavy atom. The topological polar surface area (TPSA) is 142 Å². The zero-order chi connectivity index (χ0) is 22.1. The number of aryl methyl sites for hydroxylation is 2. The van der Waals surface area contributed by atoms with Gasteiger partial charge in [0.15, 0.2) is 0 Å². The zero-order valence-corrected chi connectivity index (χ0v) is 17.4. The number of hydrogen-bond acceptors (Lipinski definition) is 8. The largest absolute Gasteiger partial charge is 0.465 e. The molecule has 13 heteroatoms. The third-order valence-electron chi connectivity index (χ3n) is 3.96. The maximum Gasteiger partial charge on any atom is 0.338 e. The van der Waals surface area contributed by atoms with E-state index in [2.05, 4.69) is 9.84 Å². The van der Waals surface area contributed by atoms with E-state index in [0.29, 0.717) is 4.31 Å². The molecule has 0 fully saturated rings. The molecule has 1 aromatic heterocycles. The number of nitro groups is 1. The predicted molar refractivity (Wildman–Crippen MR) is 101 cm³/mol. The average molecular weight is 445 g/mol. The number of esters is 1. The number of rotatable bonds is 6. The van der Waals surface area contributed by atoms with E-state index in [9.17, 15) is 28.1 Å². The van der Waals surface area contributed by atoms with Crippen molar-refractivity contribution >= 4 is 39.2 Å². The fourth-order valence-corrected chi connectivity index (χ4v) is 4.77. The minimum atomic E-state index is -4.43. The molecule has 0 aliphatic carbocycles. The standard InChI is InChI=1S/C16H17ClN4O7S/c1-5-20(29(26,27)13-9(2)18-19(3)14(13)17)15(22)10-6-11(16(23)28-4)8-12(7-10)21(24)25/h6-8H,5H2,1-4H3. The number of amides is 1. The molecule has 0 radical (unpaired) electrons. The summed E-state index contributed by atoms with van der Waals surface area (Å²) in [5, 5.41) is 14.9. The first-order valence-electron chi connectivity index (χ1n) is 8.09. The molecule has 0 atom stereocenters. The SMILES string of the molecule is CCN(C(=O)c1cc(C(=O)OC)cc([N+](=O)[O-])c1)S(=O)(=O)c1c(C)nn(C)c1Cl. The van der Waals surface area contributed by atoms with Crippen molar-refractivity contribution in [3.63, 3.8) is 0 Å². The highest BCUT2D eigenvalue weighted by Crippen LogP contribution is 2.29. The molecule has 1 aromatic carbocycles. The van der Waals surface area contributed by atoms with E-state index < -0.39 is 32.5 Å². The molecule has 0 aliphatic rings. The maximum atomic E-state index is 13.1. The van der Waals surface area contributed by atoms with Crippen LogP contribution in [0.2, 0.25) is 5.15 Å². The second-order valence-corrected chi connectivity index (χ2v) is 7.98. The lowest BCUT2D eigenvalue weighted by molar-refractivity contribution is -0.384. The molecule has 0 unspecified atom stereocenters. The van der Waals surface area contributed by atoms with Crippen LogP contribution in [0.15, 0.2) is 23.1 Å². The zero-order valence-electron chi connectivity index (χ0n) is 15.9. The summed E-state index contributed by atoms with van der Waals surface area (Å²) in [6, 6.07) is 2.83. The van der Waals surface area contributed by atoms with Crippen LogP contribution in [0.25, 0.3) is 0 Å². The van der Waals surface area contributed by atoms with Crippen LogP contribution in [-0.2, 0) is 21.8 Å². The first-order chi connectivity index (χ1) is 13.4. The highest BCUT2D eigenvalue weighted by atomic mass is 35.5. The predicted octanol–water partition coefficient (Wildman–Crippen LogP) is 1.93. The molecular formula is C16H17ClN4O7S. The Balaban J connectivity index is 2.63. The maximum absolute atomic E-state index is 13.1. The lowest BCUT2D eigenvalue weighted by Gasteiger charge is -2.21. The van der Waals surface area contributed by atoms with Gasteiger partial charge in [-0.05, 0) is 19.9 Å². The van der Waals surface area contributed by atoms with Gasteiger partial charge in [0.2, 0.25) is 0 Å². The first-order valence-corrected chi connectivity index (χ1v) is 9.91. The second kappa shape index (κ2) is 8.17. The Hall–Kier alpha value is -2.99. The number of aromatic nitrogens is 2. The molecule has 156 valence electrons. The Labute approximate surface area is 171 Å². The molecule has 29 heavy (non-hydrogen) atoms. The number of halogens is 1. The number of non-ortho nitro benzene ring substituents is 1. The molecule has 1 amide bonds. The van der Waals surface area contributed by atoms with Crippen molar-refractivity contribution in [2.75, 3.05) is 13.7 Å². The lowest BCUT2D eigenvalue weighted by atomic mass is 10.1. The smallest absolute Gasteiger partial charge is 0.338 e. The van der Waals surface area contributed by atoms with E-state index in [1.165, 1.54) is 20.9 Å². The van der Waals surface area contributed by atoms with Crippen molar-refractivity contribution in [1.82, 2.24) is 14.1 Å². The van der Waals surface area contributed by atoms with Gasteiger partial charge in [0.05, 0.1) is 23.3 Å². The summed E-state index contributed by atoms with van der Waals surface area (Å²) in [4.78, 5) is 34.8. The molecule has 0 aliphatic heterocycles. The van der Waals surface area contributed by atoms with E-state index in [4.69, 9.17) is 11.6 Å². The number of sulfonamides is 1. The molecular weight excluding hydrogens is 428 g/mol. The summed E-state index contributed by atoms with van der Waals surface area (Å²) in [5.74, 6) is -1.99. The summed E-state index contributed by atoms with van der Waals surface area (Å²) in [6.07, 6.45) is 0. The number of carbonyl (C=O) groups is 2. The number of hydrogen-bond donors (Lipinski definition) is 0. The van der Waals surface area contributed by atoms with Crippen LogP contribution in [0, 0.1) is 17.0 Å². The fourth-order valence-electron chi connectivity index (χ4n) is 2.66. The van der Waals surface area contributed by atoms with E-state index in [0.717, 1.165) is 30.0 Å². The van der Waals surface area contributed by atoms with Crippen molar-refractivity contribution in [3.05, 3.63) is 50.3 Å². The van der Waals surface area contributed by atoms with Gasteiger partial charge in [0.1, 0.15) is 10.0 Å². The monoisotopic (exact) mass is 444 g/mol. The number of nitro benzene ring substituents is 1. The summed E-state index contributed by atoms with van der Waals surface area (Å²) in [7, 11) is -1.92. The van der Waals surface area contributed by atoms with Crippen LogP contribution in [0.4, 0.5) is 5.69 Å². The van der Waals surface area contributed by atoms with E-state index in [1.807, 2.05) is 0 Å². The van der Waals surface area contributed by atoms with Gasteiger partial charge in [-0.2, -0.15) is 5.10 Å². The van der Waals surface area contributed by atoms with E-state index >= 15 is 0 Å². The number of ether oxygens (including phenoxy) is 1. The number of benzene rings is 1. The molecule has 2 aromatic rings. The molecule has 0 N–H and O–H groups in total. The van der Waals surface area contributed by atoms with Gasteiger partial charge in [0, 0.05) is 31.3 Å². The molecule has 1 heterocycles. The Kier molecular flexibility index (Phi) is 6.28. The van der Waals surface area contributed by atoms with Crippen LogP contribution in [0.5, 0.6) is 0 Å². The van der Waals surface area contributed by atoms with Gasteiger partial charge in [0.25, 0.3) is 21.6 Å². The van der Waals surface area contributed by atoms with Gasteiger partial charge < -0.3 is 4.74 Å². The molecule has 0 saturated heterocycles. The summed E-state index contributed by atoms with van der Waals surface area (Å²) in [5.41, 5.74) is -1.13. The van der Waals surface area contributed by atoms with E-state index in [1.54, 1.807) is 0 Å². The minimum Gasteiger partial charge on any atom is -0.465 e. The van der Waals surface area contributed by atoms with Crippen LogP contribution < -0.4 is 0 Å². The van der Waals surface area contributed by atoms with Crippen LogP contribution in [0.3, 0.4) is 0 Å². The Bertz CT molecular complexity index is 1110. The van der Waals surface area contributed by atoms with Crippen molar-refractivity contribution in [2.24, 2.45) is 7.05 Å². The highest BCUT2D eigenvalue weighted by molar-refractivity contribution is 7.89. The summed E-state index contributed by atoms with van der Waals surface area (Å²) in [6.45, 7) is 2.54. The van der Waals surface area contributed by atoms with Crippen LogP contribution in [-0.4, -0.2) is 53.0 Å². The van der Waals surface area contributed by atoms with Crippen molar-refractivity contribution in [3.8, 4) is 0 Å².